The van der Waals surface area contributed by atoms with Crippen LogP contribution in [0.3, 0.4) is 0 Å². The van der Waals surface area contributed by atoms with Crippen molar-refractivity contribution in [2.75, 3.05) is 0 Å². The summed E-state index contributed by atoms with van der Waals surface area (Å²) < 4.78 is 6.80. The monoisotopic (exact) mass is 1380 g/mol. The van der Waals surface area contributed by atoms with E-state index in [-0.39, 0.29) is 29.1 Å². The first-order valence-corrected chi connectivity index (χ1v) is 37.2. The zero-order valence-electron chi connectivity index (χ0n) is 59.9. The molecule has 3 heterocycles. The molecule has 14 aromatic carbocycles. The van der Waals surface area contributed by atoms with Crippen LogP contribution in [0.2, 0.25) is 0 Å². The number of aromatic nitrogens is 4. The Morgan fingerprint density at radius 1 is 0.343 bits per heavy atom. The molecule has 0 fully saturated rings. The van der Waals surface area contributed by atoms with E-state index in [1.165, 1.54) is 100 Å². The molecule has 8 nitrogen and oxygen atoms in total. The van der Waals surface area contributed by atoms with Gasteiger partial charge in [-0.3, -0.25) is 8.97 Å². The second-order valence-corrected chi connectivity index (χ2v) is 30.8. The van der Waals surface area contributed by atoms with Crippen LogP contribution >= 0.6 is 0 Å². The van der Waals surface area contributed by atoms with Crippen LogP contribution in [0.4, 0.5) is 0 Å². The molecule has 2 bridgehead atoms. The molecule has 23 rings (SSSR count). The number of imidazole rings is 2. The van der Waals surface area contributed by atoms with Crippen molar-refractivity contribution in [2.45, 2.75) is 70.1 Å². The molecule has 6 aliphatic rings. The Kier molecular flexibility index (Phi) is 12.7. The lowest BCUT2D eigenvalue weighted by Gasteiger charge is -2.58. The molecular formula is C100H64N8. The van der Waals surface area contributed by atoms with Gasteiger partial charge in [0.2, 0.25) is 5.78 Å². The SMILES string of the molecule is Cc1cc(C)c(-c2ccc3c(c2)c2cc(-c4c(C)cc(Cc5ccc6c(c5)C5c7ccc(C#N)cc7C6c6cc(-n7c8ccc(-c9ccccc9)cc8n8c9cc(-c%10ccccc%10)ccc9nc78)c(C#N)cc65)cc4C)ccc2n3-c2cc3c(cc2C#N)C24c5ccccc5C2c2ccc(C#N)cc2C34)c(C)c1. The molecule has 504 valence electrons. The molecule has 5 unspecified atom stereocenters. The van der Waals surface area contributed by atoms with Crippen LogP contribution in [0.1, 0.15) is 152 Å². The van der Waals surface area contributed by atoms with Gasteiger partial charge in [-0.05, 0) is 283 Å². The topological polar surface area (TPSA) is 122 Å². The van der Waals surface area contributed by atoms with E-state index in [1.807, 2.05) is 24.3 Å². The van der Waals surface area contributed by atoms with Gasteiger partial charge in [0, 0.05) is 39.9 Å². The molecule has 17 aromatic rings. The Morgan fingerprint density at radius 2 is 0.861 bits per heavy atom. The summed E-state index contributed by atoms with van der Waals surface area (Å²) in [7, 11) is 0. The van der Waals surface area contributed by atoms with Crippen molar-refractivity contribution in [1.82, 2.24) is 18.5 Å². The number of aryl methyl sites for hydroxylation is 5. The van der Waals surface area contributed by atoms with Crippen molar-refractivity contribution in [3.63, 3.8) is 0 Å². The van der Waals surface area contributed by atoms with Gasteiger partial charge in [0.25, 0.3) is 0 Å². The highest BCUT2D eigenvalue weighted by Crippen LogP contribution is 2.77. The fourth-order valence-corrected chi connectivity index (χ4v) is 21.0. The highest BCUT2D eigenvalue weighted by atomic mass is 15.2. The molecule has 108 heavy (non-hydrogen) atoms. The first-order valence-electron chi connectivity index (χ1n) is 37.2. The maximum Gasteiger partial charge on any atom is 0.220 e. The Hall–Kier alpha value is -13.9. The summed E-state index contributed by atoms with van der Waals surface area (Å²) in [5.74, 6) is 0.583. The smallest absolute Gasteiger partial charge is 0.220 e. The molecule has 0 saturated heterocycles. The summed E-state index contributed by atoms with van der Waals surface area (Å²) in [5.41, 5.74) is 41.9. The molecule has 0 N–H and O–H groups in total. The quantitative estimate of drug-likeness (QED) is 0.150. The third-order valence-electron chi connectivity index (χ3n) is 25.1. The number of benzene rings is 14. The maximum absolute atomic E-state index is 11.5. The van der Waals surface area contributed by atoms with E-state index < -0.39 is 0 Å². The van der Waals surface area contributed by atoms with Gasteiger partial charge in [0.1, 0.15) is 12.1 Å². The van der Waals surface area contributed by atoms with Crippen LogP contribution in [0.5, 0.6) is 0 Å². The Balaban J connectivity index is 0.645. The van der Waals surface area contributed by atoms with Crippen LogP contribution in [0.25, 0.3) is 106 Å². The van der Waals surface area contributed by atoms with Gasteiger partial charge in [0.15, 0.2) is 0 Å². The molecule has 0 radical (unpaired) electrons. The Labute approximate surface area is 624 Å². The summed E-state index contributed by atoms with van der Waals surface area (Å²) in [6.45, 7) is 11.1. The van der Waals surface area contributed by atoms with Gasteiger partial charge in [-0.2, -0.15) is 21.0 Å². The average molecular weight is 1380 g/mol. The molecular weight excluding hydrogens is 1310 g/mol. The summed E-state index contributed by atoms with van der Waals surface area (Å²) in [4.78, 5) is 5.42. The summed E-state index contributed by atoms with van der Waals surface area (Å²) in [5, 5.41) is 45.9. The van der Waals surface area contributed by atoms with Crippen molar-refractivity contribution in [3.05, 3.63) is 389 Å². The third kappa shape index (κ3) is 8.27. The average Bonchev–Trinajstić information content (AvgIpc) is 1.43. The van der Waals surface area contributed by atoms with Crippen LogP contribution < -0.4 is 0 Å². The second-order valence-electron chi connectivity index (χ2n) is 30.8. The molecule has 0 amide bonds. The molecule has 1 spiro atoms. The molecule has 0 saturated carbocycles. The first kappa shape index (κ1) is 61.6. The van der Waals surface area contributed by atoms with E-state index in [9.17, 15) is 21.0 Å². The van der Waals surface area contributed by atoms with E-state index in [2.05, 4.69) is 309 Å². The predicted molar refractivity (Wildman–Crippen MR) is 430 cm³/mol. The fourth-order valence-electron chi connectivity index (χ4n) is 21.0. The van der Waals surface area contributed by atoms with Crippen molar-refractivity contribution in [3.8, 4) is 80.2 Å². The largest absolute Gasteiger partial charge is 0.308 e. The van der Waals surface area contributed by atoms with Gasteiger partial charge in [-0.15, -0.1) is 0 Å². The Morgan fingerprint density at radius 3 is 1.52 bits per heavy atom. The lowest BCUT2D eigenvalue weighted by Crippen LogP contribution is -2.52. The minimum absolute atomic E-state index is 0.0575. The normalized spacial score (nSPS) is 17.0. The lowest BCUT2D eigenvalue weighted by molar-refractivity contribution is 0.332. The van der Waals surface area contributed by atoms with Gasteiger partial charge in [-0.1, -0.05) is 169 Å². The van der Waals surface area contributed by atoms with Crippen molar-refractivity contribution >= 4 is 49.7 Å². The summed E-state index contributed by atoms with van der Waals surface area (Å²) >= 11 is 0. The molecule has 3 aromatic heterocycles. The molecule has 0 aliphatic heterocycles. The summed E-state index contributed by atoms with van der Waals surface area (Å²) in [6, 6.07) is 105. The zero-order chi connectivity index (χ0) is 72.4. The van der Waals surface area contributed by atoms with Gasteiger partial charge in [-0.25, -0.2) is 4.98 Å². The molecule has 8 heteroatoms. The van der Waals surface area contributed by atoms with Crippen LogP contribution in [-0.2, 0) is 11.8 Å². The molecule has 5 atom stereocenters. The van der Waals surface area contributed by atoms with Gasteiger partial charge in [0.05, 0.1) is 78.9 Å². The van der Waals surface area contributed by atoms with Crippen molar-refractivity contribution in [1.29, 1.82) is 21.0 Å². The van der Waals surface area contributed by atoms with Crippen molar-refractivity contribution in [2.24, 2.45) is 0 Å². The van der Waals surface area contributed by atoms with Crippen molar-refractivity contribution < 1.29 is 0 Å². The van der Waals surface area contributed by atoms with Crippen LogP contribution in [-0.4, -0.2) is 18.5 Å². The van der Waals surface area contributed by atoms with Crippen LogP contribution in [0.15, 0.2) is 261 Å². The van der Waals surface area contributed by atoms with Gasteiger partial charge >= 0.3 is 0 Å². The minimum Gasteiger partial charge on any atom is -0.308 e. The molecule has 6 aliphatic carbocycles. The lowest BCUT2D eigenvalue weighted by atomic mass is 9.43. The number of nitrogens with zero attached hydrogens (tertiary/aromatic N) is 8. The Bertz CT molecular complexity index is 7120. The fraction of sp³-hybridized carbons (Fsp3) is 0.110. The standard InChI is InChI=1S/C100H64N8/c1-54-34-55(2)93(56(3)35-54)67-25-31-86-75(42-67)76-43-68(26-32-87(76)106(86)89-49-82-84(45-70(89)53-104)100-83-19-13-12-18-74(83)97(100)73-29-22-61(51-102)41-81(73)98(82)100)94-57(4)36-62(37-58(94)5)38-59-20-27-71-77(39-59)95-72-28-21-60(50-101)40-78(72)96(71)80-48-90(69(52-103)44-79(80)95)107-88-33-24-66(64-16-10-7-11-17-64)47-92(88)108-91-46-65(63-14-8-6-9-15-63)23-30-85(91)105-99(107)108/h6-37,39-49,95-98H,38H2,1-5H3. The van der Waals surface area contributed by atoms with E-state index in [0.717, 1.165) is 111 Å². The van der Waals surface area contributed by atoms with E-state index in [0.29, 0.717) is 28.7 Å². The number of fused-ring (bicyclic) bond motifs is 15. The third-order valence-corrected chi connectivity index (χ3v) is 25.1. The number of nitriles is 4. The second kappa shape index (κ2) is 22.3. The van der Waals surface area contributed by atoms with E-state index >= 15 is 0 Å². The highest BCUT2D eigenvalue weighted by Gasteiger charge is 2.69. The predicted octanol–water partition coefficient (Wildman–Crippen LogP) is 22.7. The zero-order valence-corrected chi connectivity index (χ0v) is 59.9. The minimum atomic E-state index is -0.272. The maximum atomic E-state index is 11.5. The number of hydrogen-bond acceptors (Lipinski definition) is 5. The van der Waals surface area contributed by atoms with E-state index in [4.69, 9.17) is 4.98 Å². The van der Waals surface area contributed by atoms with Crippen LogP contribution in [0, 0.1) is 79.9 Å². The first-order chi connectivity index (χ1) is 52.9. The van der Waals surface area contributed by atoms with E-state index in [1.54, 1.807) is 0 Å². The number of hydrogen-bond donors (Lipinski definition) is 0. The summed E-state index contributed by atoms with van der Waals surface area (Å²) in [6.07, 6.45) is 0.714. The van der Waals surface area contributed by atoms with Gasteiger partial charge < -0.3 is 4.57 Å². The highest BCUT2D eigenvalue weighted by molar-refractivity contribution is 6.12. The number of rotatable bonds is 8.